The molecule has 6 nitrogen and oxygen atoms in total. The van der Waals surface area contributed by atoms with Gasteiger partial charge in [0.2, 0.25) is 0 Å². The molecule has 0 spiro atoms. The van der Waals surface area contributed by atoms with Gasteiger partial charge in [-0.2, -0.15) is 0 Å². The largest absolute Gasteiger partial charge is 0.478 e. The number of rotatable bonds is 5. The summed E-state index contributed by atoms with van der Waals surface area (Å²) < 4.78 is 6.44. The van der Waals surface area contributed by atoms with E-state index in [-0.39, 0.29) is 17.6 Å². The van der Waals surface area contributed by atoms with Crippen molar-refractivity contribution in [2.75, 3.05) is 0 Å². The molecule has 3 aromatic rings. The molecule has 2 aromatic heterocycles. The highest BCUT2D eigenvalue weighted by atomic mass is 32.1. The van der Waals surface area contributed by atoms with Crippen LogP contribution in [0.15, 0.2) is 59.1 Å². The second kappa shape index (κ2) is 8.98. The van der Waals surface area contributed by atoms with Crippen LogP contribution >= 0.6 is 12.2 Å². The zero-order valence-electron chi connectivity index (χ0n) is 18.5. The van der Waals surface area contributed by atoms with Gasteiger partial charge in [-0.05, 0) is 73.9 Å². The number of aryl methyl sites for hydroxylation is 1. The zero-order chi connectivity index (χ0) is 22.9. The zero-order valence-corrected chi connectivity index (χ0v) is 19.3. The lowest BCUT2D eigenvalue weighted by Gasteiger charge is -2.36. The number of benzene rings is 1. The van der Waals surface area contributed by atoms with Crippen molar-refractivity contribution in [3.05, 3.63) is 77.3 Å². The molecule has 1 saturated heterocycles. The second-order valence-corrected chi connectivity index (χ2v) is 9.25. The van der Waals surface area contributed by atoms with Gasteiger partial charge in [-0.1, -0.05) is 31.4 Å². The lowest BCUT2D eigenvalue weighted by atomic mass is 9.92. The van der Waals surface area contributed by atoms with Crippen LogP contribution in [-0.4, -0.2) is 32.1 Å². The molecule has 0 amide bonds. The topological polar surface area (TPSA) is 78.6 Å². The average Bonchev–Trinajstić information content (AvgIpc) is 3.44. The maximum atomic E-state index is 11.3. The van der Waals surface area contributed by atoms with Gasteiger partial charge in [0.1, 0.15) is 17.6 Å². The van der Waals surface area contributed by atoms with Crippen LogP contribution in [0.1, 0.15) is 71.6 Å². The van der Waals surface area contributed by atoms with E-state index < -0.39 is 5.97 Å². The van der Waals surface area contributed by atoms with E-state index in [4.69, 9.17) is 16.6 Å². The number of hydrogen-bond donors (Lipinski definition) is 2. The molecule has 7 heteroatoms. The van der Waals surface area contributed by atoms with Gasteiger partial charge in [0, 0.05) is 17.8 Å². The molecule has 0 radical (unpaired) electrons. The maximum Gasteiger partial charge on any atom is 0.335 e. The molecular formula is C26H27N3O3S. The smallest absolute Gasteiger partial charge is 0.335 e. The molecule has 33 heavy (non-hydrogen) atoms. The Bertz CT molecular complexity index is 1170. The Labute approximate surface area is 198 Å². The number of furan rings is 1. The average molecular weight is 462 g/mol. The number of aromatic carboxylic acids is 1. The summed E-state index contributed by atoms with van der Waals surface area (Å²) in [6.07, 6.45) is 7.75. The van der Waals surface area contributed by atoms with E-state index in [0.717, 1.165) is 46.3 Å². The molecule has 2 fully saturated rings. The molecule has 2 aliphatic rings. The highest BCUT2D eigenvalue weighted by Crippen LogP contribution is 2.43. The van der Waals surface area contributed by atoms with Crippen LogP contribution in [0.5, 0.6) is 0 Å². The lowest BCUT2D eigenvalue weighted by molar-refractivity contribution is 0.0697. The van der Waals surface area contributed by atoms with Gasteiger partial charge < -0.3 is 19.7 Å². The second-order valence-electron chi connectivity index (χ2n) is 8.86. The van der Waals surface area contributed by atoms with Crippen LogP contribution in [0.25, 0.3) is 11.3 Å². The van der Waals surface area contributed by atoms with E-state index in [9.17, 15) is 9.90 Å². The van der Waals surface area contributed by atoms with Gasteiger partial charge in [-0.25, -0.2) is 4.79 Å². The molecule has 170 valence electrons. The molecule has 1 aliphatic carbocycles. The van der Waals surface area contributed by atoms with Crippen LogP contribution < -0.4 is 5.32 Å². The highest BCUT2D eigenvalue weighted by Gasteiger charge is 2.44. The predicted octanol–water partition coefficient (Wildman–Crippen LogP) is 5.65. The Morgan fingerprint density at radius 2 is 1.97 bits per heavy atom. The SMILES string of the molecule is Cc1cc(C(=O)O)ccc1-c1ccc([C@H]2[C@H](c3ccccn3)NC(=S)N2C2CCCCC2)o1. The summed E-state index contributed by atoms with van der Waals surface area (Å²) in [6.45, 7) is 1.90. The number of thiocarbonyl (C=S) groups is 1. The normalized spacial score (nSPS) is 21.2. The Balaban J connectivity index is 1.53. The number of aromatic nitrogens is 1. The molecule has 1 saturated carbocycles. The van der Waals surface area contributed by atoms with Crippen LogP contribution in [-0.2, 0) is 0 Å². The van der Waals surface area contributed by atoms with Gasteiger partial charge >= 0.3 is 5.97 Å². The summed E-state index contributed by atoms with van der Waals surface area (Å²) in [7, 11) is 0. The van der Waals surface area contributed by atoms with Crippen LogP contribution in [0.4, 0.5) is 0 Å². The Kier molecular flexibility index (Phi) is 5.89. The third-order valence-electron chi connectivity index (χ3n) is 6.76. The van der Waals surface area contributed by atoms with E-state index in [2.05, 4.69) is 15.2 Å². The molecule has 1 aliphatic heterocycles. The summed E-state index contributed by atoms with van der Waals surface area (Å²) in [4.78, 5) is 18.3. The first-order valence-corrected chi connectivity index (χ1v) is 11.9. The molecule has 0 unspecified atom stereocenters. The first-order valence-electron chi connectivity index (χ1n) is 11.5. The van der Waals surface area contributed by atoms with Crippen molar-refractivity contribution in [1.82, 2.24) is 15.2 Å². The van der Waals surface area contributed by atoms with Crippen molar-refractivity contribution in [2.24, 2.45) is 0 Å². The Morgan fingerprint density at radius 1 is 1.15 bits per heavy atom. The van der Waals surface area contributed by atoms with Crippen molar-refractivity contribution >= 4 is 23.3 Å². The number of pyridine rings is 1. The molecule has 0 bridgehead atoms. The molecule has 3 heterocycles. The minimum atomic E-state index is -0.934. The van der Waals surface area contributed by atoms with Gasteiger partial charge in [0.15, 0.2) is 5.11 Å². The van der Waals surface area contributed by atoms with Crippen LogP contribution in [0.2, 0.25) is 0 Å². The Hall–Kier alpha value is -3.19. The van der Waals surface area contributed by atoms with Crippen molar-refractivity contribution < 1.29 is 14.3 Å². The summed E-state index contributed by atoms with van der Waals surface area (Å²) in [6, 6.07) is 15.2. The van der Waals surface area contributed by atoms with E-state index in [1.807, 2.05) is 43.3 Å². The fourth-order valence-electron chi connectivity index (χ4n) is 5.15. The predicted molar refractivity (Wildman–Crippen MR) is 130 cm³/mol. The van der Waals surface area contributed by atoms with Gasteiger partial charge in [-0.15, -0.1) is 0 Å². The highest BCUT2D eigenvalue weighted by molar-refractivity contribution is 7.80. The van der Waals surface area contributed by atoms with Crippen molar-refractivity contribution in [3.8, 4) is 11.3 Å². The third kappa shape index (κ3) is 4.13. The first-order chi connectivity index (χ1) is 16.0. The summed E-state index contributed by atoms with van der Waals surface area (Å²) in [5, 5.41) is 13.5. The summed E-state index contributed by atoms with van der Waals surface area (Å²) in [5.74, 6) is 0.623. The standard InChI is InChI=1S/C26H27N3O3S/c1-16-15-17(25(30)31)10-11-19(16)21-12-13-22(32-21)24-23(20-9-5-6-14-27-20)28-26(33)29(24)18-7-3-2-4-8-18/h5-6,9-15,18,23-24H,2-4,7-8H2,1H3,(H,28,33)(H,30,31)/t23-,24-/m0/s1. The number of nitrogens with zero attached hydrogens (tertiary/aromatic N) is 2. The molecule has 2 atom stereocenters. The van der Waals surface area contributed by atoms with Gasteiger partial charge in [0.25, 0.3) is 0 Å². The monoisotopic (exact) mass is 461 g/mol. The summed E-state index contributed by atoms with van der Waals surface area (Å²) >= 11 is 5.82. The minimum Gasteiger partial charge on any atom is -0.478 e. The van der Waals surface area contributed by atoms with Crippen molar-refractivity contribution in [3.63, 3.8) is 0 Å². The van der Waals surface area contributed by atoms with E-state index >= 15 is 0 Å². The van der Waals surface area contributed by atoms with Gasteiger partial charge in [0.05, 0.1) is 17.3 Å². The first kappa shape index (κ1) is 21.6. The van der Waals surface area contributed by atoms with E-state index in [0.29, 0.717) is 6.04 Å². The van der Waals surface area contributed by atoms with Crippen molar-refractivity contribution in [2.45, 2.75) is 57.2 Å². The molecule has 5 rings (SSSR count). The number of nitrogens with one attached hydrogen (secondary N) is 1. The number of carboxylic acid groups (broad SMARTS) is 1. The molecule has 1 aromatic carbocycles. The Morgan fingerprint density at radius 3 is 2.67 bits per heavy atom. The number of carboxylic acids is 1. The fourth-order valence-corrected chi connectivity index (χ4v) is 5.54. The summed E-state index contributed by atoms with van der Waals surface area (Å²) in [5.41, 5.74) is 2.95. The maximum absolute atomic E-state index is 11.3. The molecular weight excluding hydrogens is 434 g/mol. The fraction of sp³-hybridized carbons (Fsp3) is 0.346. The minimum absolute atomic E-state index is 0.0946. The van der Waals surface area contributed by atoms with E-state index in [1.54, 1.807) is 18.3 Å². The third-order valence-corrected chi connectivity index (χ3v) is 7.09. The van der Waals surface area contributed by atoms with Crippen LogP contribution in [0.3, 0.4) is 0 Å². The lowest BCUT2D eigenvalue weighted by Crippen LogP contribution is -2.40. The molecule has 2 N–H and O–H groups in total. The van der Waals surface area contributed by atoms with Crippen LogP contribution in [0, 0.1) is 6.92 Å². The van der Waals surface area contributed by atoms with Crippen molar-refractivity contribution in [1.29, 1.82) is 0 Å². The van der Waals surface area contributed by atoms with E-state index in [1.165, 1.54) is 19.3 Å². The number of carbonyl (C=O) groups is 1. The number of hydrogen-bond acceptors (Lipinski definition) is 4. The quantitative estimate of drug-likeness (QED) is 0.475. The van der Waals surface area contributed by atoms with Gasteiger partial charge in [-0.3, -0.25) is 4.98 Å².